The van der Waals surface area contributed by atoms with Gasteiger partial charge >= 0.3 is 0 Å². The Bertz CT molecular complexity index is 823. The molecule has 0 saturated carbocycles. The summed E-state index contributed by atoms with van der Waals surface area (Å²) in [5.74, 6) is 1.44. The Hall–Kier alpha value is -3.02. The average molecular weight is 326 g/mol. The minimum Gasteiger partial charge on any atom is -0.496 e. The predicted octanol–water partition coefficient (Wildman–Crippen LogP) is 3.78. The van der Waals surface area contributed by atoms with Crippen molar-refractivity contribution < 1.29 is 18.5 Å². The molecule has 0 aliphatic heterocycles. The summed E-state index contributed by atoms with van der Waals surface area (Å²) < 4.78 is 15.8. The van der Waals surface area contributed by atoms with Crippen molar-refractivity contribution in [3.05, 3.63) is 60.0 Å². The number of aromatic nitrogens is 1. The van der Waals surface area contributed by atoms with Crippen LogP contribution in [0.3, 0.4) is 0 Å². The number of amides is 1. The van der Waals surface area contributed by atoms with Crippen molar-refractivity contribution in [1.82, 2.24) is 10.1 Å². The fraction of sp³-hybridized carbons (Fsp3) is 0.222. The number of carbonyl (C=O) groups excluding carboxylic acids is 1. The van der Waals surface area contributed by atoms with Gasteiger partial charge in [0.25, 0.3) is 5.91 Å². The SMILES string of the molecule is COc1ccccc1[C@H](C)N(C)C(=O)c1cc(-c2ccco2)on1. The normalized spacial score (nSPS) is 12.0. The fourth-order valence-electron chi connectivity index (χ4n) is 2.49. The number of furan rings is 1. The zero-order valence-electron chi connectivity index (χ0n) is 13.7. The first kappa shape index (κ1) is 15.9. The first-order valence-electron chi connectivity index (χ1n) is 7.52. The minimum atomic E-state index is -0.241. The van der Waals surface area contributed by atoms with Crippen LogP contribution >= 0.6 is 0 Å². The number of benzene rings is 1. The molecule has 3 rings (SSSR count). The van der Waals surface area contributed by atoms with E-state index in [0.717, 1.165) is 11.3 Å². The lowest BCUT2D eigenvalue weighted by atomic mass is 10.1. The molecule has 6 heteroatoms. The number of rotatable bonds is 5. The van der Waals surface area contributed by atoms with E-state index < -0.39 is 0 Å². The third-order valence-electron chi connectivity index (χ3n) is 3.98. The van der Waals surface area contributed by atoms with E-state index in [1.807, 2.05) is 31.2 Å². The van der Waals surface area contributed by atoms with Gasteiger partial charge in [0.1, 0.15) is 5.75 Å². The summed E-state index contributed by atoms with van der Waals surface area (Å²) in [5.41, 5.74) is 1.15. The molecule has 6 nitrogen and oxygen atoms in total. The molecule has 0 radical (unpaired) electrons. The summed E-state index contributed by atoms with van der Waals surface area (Å²) in [6.45, 7) is 1.93. The summed E-state index contributed by atoms with van der Waals surface area (Å²) in [5, 5.41) is 3.85. The van der Waals surface area contributed by atoms with Crippen LogP contribution in [0.25, 0.3) is 11.5 Å². The van der Waals surface area contributed by atoms with Gasteiger partial charge in [0, 0.05) is 18.7 Å². The van der Waals surface area contributed by atoms with Gasteiger partial charge in [-0.3, -0.25) is 4.79 Å². The molecule has 3 aromatic rings. The van der Waals surface area contributed by atoms with Crippen LogP contribution in [0.15, 0.2) is 57.7 Å². The average Bonchev–Trinajstić information content (AvgIpc) is 3.30. The number of hydrogen-bond acceptors (Lipinski definition) is 5. The molecule has 1 aromatic carbocycles. The van der Waals surface area contributed by atoms with Crippen LogP contribution in [0, 0.1) is 0 Å². The molecule has 0 unspecified atom stereocenters. The van der Waals surface area contributed by atoms with Crippen molar-refractivity contribution in [2.75, 3.05) is 14.2 Å². The minimum absolute atomic E-state index is 0.183. The largest absolute Gasteiger partial charge is 0.496 e. The predicted molar refractivity (Wildman–Crippen MR) is 87.7 cm³/mol. The highest BCUT2D eigenvalue weighted by molar-refractivity contribution is 5.93. The lowest BCUT2D eigenvalue weighted by Gasteiger charge is -2.25. The molecule has 0 spiro atoms. The molecule has 0 bridgehead atoms. The molecule has 2 heterocycles. The van der Waals surface area contributed by atoms with Gasteiger partial charge in [-0.15, -0.1) is 0 Å². The van der Waals surface area contributed by atoms with E-state index in [9.17, 15) is 4.79 Å². The van der Waals surface area contributed by atoms with Gasteiger partial charge < -0.3 is 18.6 Å². The van der Waals surface area contributed by atoms with Crippen LogP contribution in [-0.4, -0.2) is 30.1 Å². The van der Waals surface area contributed by atoms with Crippen molar-refractivity contribution in [3.63, 3.8) is 0 Å². The fourth-order valence-corrected chi connectivity index (χ4v) is 2.49. The maximum atomic E-state index is 12.7. The molecule has 0 N–H and O–H groups in total. The highest BCUT2D eigenvalue weighted by Gasteiger charge is 2.24. The molecular weight excluding hydrogens is 308 g/mol. The lowest BCUT2D eigenvalue weighted by molar-refractivity contribution is 0.0730. The Morgan fingerprint density at radius 1 is 1.21 bits per heavy atom. The van der Waals surface area contributed by atoms with Crippen LogP contribution in [-0.2, 0) is 0 Å². The van der Waals surface area contributed by atoms with E-state index in [-0.39, 0.29) is 17.6 Å². The van der Waals surface area contributed by atoms with Crippen LogP contribution < -0.4 is 4.74 Å². The summed E-state index contributed by atoms with van der Waals surface area (Å²) in [4.78, 5) is 14.3. The standard InChI is InChI=1S/C18H18N2O4/c1-12(13-7-4-5-8-15(13)22-3)20(2)18(21)14-11-17(24-19-14)16-9-6-10-23-16/h4-12H,1-3H3/t12-/m0/s1. The Kier molecular flexibility index (Phi) is 4.37. The molecule has 2 aromatic heterocycles. The zero-order valence-corrected chi connectivity index (χ0v) is 13.7. The monoisotopic (exact) mass is 326 g/mol. The Morgan fingerprint density at radius 2 is 2.00 bits per heavy atom. The Balaban J connectivity index is 1.82. The van der Waals surface area contributed by atoms with Crippen molar-refractivity contribution in [2.45, 2.75) is 13.0 Å². The van der Waals surface area contributed by atoms with Gasteiger partial charge in [-0.25, -0.2) is 0 Å². The number of hydrogen-bond donors (Lipinski definition) is 0. The van der Waals surface area contributed by atoms with Gasteiger partial charge in [0.2, 0.25) is 5.76 Å². The van der Waals surface area contributed by atoms with Gasteiger partial charge in [-0.05, 0) is 25.1 Å². The van der Waals surface area contributed by atoms with E-state index in [4.69, 9.17) is 13.7 Å². The Labute approximate surface area is 139 Å². The smallest absolute Gasteiger partial charge is 0.276 e. The maximum Gasteiger partial charge on any atom is 0.276 e. The molecule has 24 heavy (non-hydrogen) atoms. The van der Waals surface area contributed by atoms with Crippen molar-refractivity contribution in [3.8, 4) is 17.3 Å². The molecule has 1 atom stereocenters. The lowest BCUT2D eigenvalue weighted by Crippen LogP contribution is -2.30. The van der Waals surface area contributed by atoms with E-state index in [1.165, 1.54) is 6.26 Å². The highest BCUT2D eigenvalue weighted by atomic mass is 16.5. The van der Waals surface area contributed by atoms with Crippen LogP contribution in [0.4, 0.5) is 0 Å². The van der Waals surface area contributed by atoms with Gasteiger partial charge in [-0.2, -0.15) is 0 Å². The topological polar surface area (TPSA) is 68.7 Å². The zero-order chi connectivity index (χ0) is 17.1. The van der Waals surface area contributed by atoms with Gasteiger partial charge in [0.15, 0.2) is 11.5 Å². The number of carbonyl (C=O) groups is 1. The van der Waals surface area contributed by atoms with Crippen LogP contribution in [0.2, 0.25) is 0 Å². The number of ether oxygens (including phenoxy) is 1. The molecule has 0 saturated heterocycles. The second kappa shape index (κ2) is 6.62. The summed E-state index contributed by atoms with van der Waals surface area (Å²) in [7, 11) is 3.33. The quantitative estimate of drug-likeness (QED) is 0.714. The van der Waals surface area contributed by atoms with E-state index in [2.05, 4.69) is 5.16 Å². The van der Waals surface area contributed by atoms with E-state index >= 15 is 0 Å². The van der Waals surface area contributed by atoms with E-state index in [0.29, 0.717) is 11.5 Å². The first-order valence-corrected chi connectivity index (χ1v) is 7.52. The van der Waals surface area contributed by atoms with Crippen LogP contribution in [0.1, 0.15) is 29.0 Å². The third-order valence-corrected chi connectivity index (χ3v) is 3.98. The Morgan fingerprint density at radius 3 is 2.71 bits per heavy atom. The first-order chi connectivity index (χ1) is 11.6. The maximum absolute atomic E-state index is 12.7. The van der Waals surface area contributed by atoms with Crippen molar-refractivity contribution >= 4 is 5.91 Å². The highest BCUT2D eigenvalue weighted by Crippen LogP contribution is 2.29. The number of nitrogens with zero attached hydrogens (tertiary/aromatic N) is 2. The molecule has 0 aliphatic carbocycles. The second-order valence-corrected chi connectivity index (χ2v) is 5.39. The second-order valence-electron chi connectivity index (χ2n) is 5.39. The number of methoxy groups -OCH3 is 1. The van der Waals surface area contributed by atoms with E-state index in [1.54, 1.807) is 37.3 Å². The molecule has 124 valence electrons. The summed E-state index contributed by atoms with van der Waals surface area (Å²) in [6, 6.07) is 12.5. The van der Waals surface area contributed by atoms with Crippen molar-refractivity contribution in [1.29, 1.82) is 0 Å². The van der Waals surface area contributed by atoms with Crippen LogP contribution in [0.5, 0.6) is 5.75 Å². The van der Waals surface area contributed by atoms with Crippen molar-refractivity contribution in [2.24, 2.45) is 0 Å². The van der Waals surface area contributed by atoms with Gasteiger partial charge in [0.05, 0.1) is 19.4 Å². The molecule has 0 aliphatic rings. The third kappa shape index (κ3) is 2.90. The number of para-hydroxylation sites is 1. The summed E-state index contributed by atoms with van der Waals surface area (Å²) >= 11 is 0. The molecule has 1 amide bonds. The molecular formula is C18H18N2O4. The molecule has 0 fully saturated rings. The van der Waals surface area contributed by atoms with Gasteiger partial charge in [-0.1, -0.05) is 23.4 Å². The summed E-state index contributed by atoms with van der Waals surface area (Å²) in [6.07, 6.45) is 1.54.